The highest BCUT2D eigenvalue weighted by atomic mass is 35.5. The molecule has 0 saturated heterocycles. The number of phenolic OH excluding ortho intramolecular Hbond substituents is 1. The third kappa shape index (κ3) is 2.25. The third-order valence-corrected chi connectivity index (χ3v) is 2.24. The van der Waals surface area contributed by atoms with Gasteiger partial charge in [0.2, 0.25) is 0 Å². The van der Waals surface area contributed by atoms with Crippen LogP contribution in [-0.2, 0) is 0 Å². The summed E-state index contributed by atoms with van der Waals surface area (Å²) in [5.41, 5.74) is 6.36. The Morgan fingerprint density at radius 2 is 2.21 bits per heavy atom. The highest BCUT2D eigenvalue weighted by molar-refractivity contribution is 6.32. The topological polar surface area (TPSA) is 63.3 Å². The molecule has 3 N–H and O–H groups in total. The minimum atomic E-state index is -0.0579. The Kier molecular flexibility index (Phi) is 3.49. The van der Waals surface area contributed by atoms with Gasteiger partial charge in [0.15, 0.2) is 5.78 Å². The van der Waals surface area contributed by atoms with Crippen molar-refractivity contribution >= 4 is 17.4 Å². The van der Waals surface area contributed by atoms with E-state index in [-0.39, 0.29) is 16.6 Å². The Labute approximate surface area is 87.5 Å². The normalized spacial score (nSPS) is 10.2. The smallest absolute Gasteiger partial charge is 0.164 e. The first kappa shape index (κ1) is 11.0. The molecule has 4 heteroatoms. The number of nitrogens with two attached hydrogens (primary N) is 1. The highest BCUT2D eigenvalue weighted by Gasteiger charge is 2.10. The van der Waals surface area contributed by atoms with E-state index in [1.54, 1.807) is 13.0 Å². The quantitative estimate of drug-likeness (QED) is 0.754. The third-order valence-electron chi connectivity index (χ3n) is 1.95. The largest absolute Gasteiger partial charge is 0.506 e. The van der Waals surface area contributed by atoms with Gasteiger partial charge < -0.3 is 10.8 Å². The monoisotopic (exact) mass is 213 g/mol. The predicted octanol–water partition coefficient (Wildman–Crippen LogP) is 1.89. The van der Waals surface area contributed by atoms with Crippen LogP contribution in [0.4, 0.5) is 0 Å². The van der Waals surface area contributed by atoms with Crippen LogP contribution in [-0.4, -0.2) is 17.4 Å². The zero-order valence-electron chi connectivity index (χ0n) is 7.88. The average Bonchev–Trinajstić information content (AvgIpc) is 2.13. The molecule has 0 spiro atoms. The first-order valence-corrected chi connectivity index (χ1v) is 4.66. The molecule has 0 aromatic heterocycles. The number of Topliss-reactive ketones (excluding diaryl/α,β-unsaturated/α-hetero) is 1. The van der Waals surface area contributed by atoms with Crippen molar-refractivity contribution in [1.29, 1.82) is 0 Å². The summed E-state index contributed by atoms with van der Waals surface area (Å²) in [5, 5.41) is 9.57. The van der Waals surface area contributed by atoms with E-state index in [4.69, 9.17) is 17.3 Å². The lowest BCUT2D eigenvalue weighted by Gasteiger charge is -2.05. The molecule has 14 heavy (non-hydrogen) atoms. The van der Waals surface area contributed by atoms with E-state index in [0.717, 1.165) is 0 Å². The van der Waals surface area contributed by atoms with E-state index >= 15 is 0 Å². The minimum absolute atomic E-state index is 0.0240. The average molecular weight is 214 g/mol. The van der Waals surface area contributed by atoms with Gasteiger partial charge in [0, 0.05) is 12.0 Å². The van der Waals surface area contributed by atoms with Crippen molar-refractivity contribution in [2.75, 3.05) is 6.54 Å². The highest BCUT2D eigenvalue weighted by Crippen LogP contribution is 2.28. The van der Waals surface area contributed by atoms with Crippen LogP contribution >= 0.6 is 11.6 Å². The van der Waals surface area contributed by atoms with Gasteiger partial charge in [-0.1, -0.05) is 11.6 Å². The van der Waals surface area contributed by atoms with Crippen molar-refractivity contribution in [3.63, 3.8) is 0 Å². The van der Waals surface area contributed by atoms with Crippen LogP contribution in [0, 0.1) is 6.92 Å². The molecule has 1 rings (SSSR count). The number of halogens is 1. The van der Waals surface area contributed by atoms with Gasteiger partial charge in [-0.05, 0) is 31.2 Å². The summed E-state index contributed by atoms with van der Waals surface area (Å²) >= 11 is 5.73. The maximum absolute atomic E-state index is 11.4. The summed E-state index contributed by atoms with van der Waals surface area (Å²) in [5.74, 6) is -0.0338. The number of phenols is 1. The molecule has 0 bridgehead atoms. The van der Waals surface area contributed by atoms with E-state index < -0.39 is 0 Å². The number of hydrogen-bond donors (Lipinski definition) is 2. The van der Waals surface area contributed by atoms with Gasteiger partial charge in [0.25, 0.3) is 0 Å². The number of carbonyl (C=O) groups is 1. The second kappa shape index (κ2) is 4.44. The molecule has 0 unspecified atom stereocenters. The predicted molar refractivity (Wildman–Crippen MR) is 55.9 cm³/mol. The second-order valence-corrected chi connectivity index (χ2v) is 3.49. The molecule has 0 heterocycles. The molecular weight excluding hydrogens is 202 g/mol. The molecule has 1 aromatic rings. The number of hydrogen-bond acceptors (Lipinski definition) is 3. The lowest BCUT2D eigenvalue weighted by atomic mass is 10.1. The molecule has 0 saturated carbocycles. The zero-order chi connectivity index (χ0) is 10.7. The Morgan fingerprint density at radius 1 is 1.57 bits per heavy atom. The van der Waals surface area contributed by atoms with Crippen LogP contribution in [0.1, 0.15) is 22.3 Å². The molecule has 0 aliphatic heterocycles. The van der Waals surface area contributed by atoms with Crippen molar-refractivity contribution in [3.05, 3.63) is 28.3 Å². The fourth-order valence-corrected chi connectivity index (χ4v) is 1.44. The number of benzene rings is 1. The van der Waals surface area contributed by atoms with E-state index in [1.807, 2.05) is 0 Å². The van der Waals surface area contributed by atoms with Crippen LogP contribution in [0.15, 0.2) is 12.1 Å². The molecular formula is C10H12ClNO2. The summed E-state index contributed by atoms with van der Waals surface area (Å²) in [6.45, 7) is 2.01. The van der Waals surface area contributed by atoms with Crippen LogP contribution in [0.3, 0.4) is 0 Å². The van der Waals surface area contributed by atoms with E-state index in [1.165, 1.54) is 6.07 Å². The fraction of sp³-hybridized carbons (Fsp3) is 0.300. The zero-order valence-corrected chi connectivity index (χ0v) is 8.64. The molecule has 0 aliphatic rings. The summed E-state index contributed by atoms with van der Waals surface area (Å²) in [6.07, 6.45) is 0.292. The number of ketones is 1. The van der Waals surface area contributed by atoms with Gasteiger partial charge >= 0.3 is 0 Å². The number of aryl methyl sites for hydroxylation is 1. The summed E-state index contributed by atoms with van der Waals surface area (Å²) in [6, 6.07) is 3.07. The Hall–Kier alpha value is -1.06. The SMILES string of the molecule is Cc1cc(C(=O)CCN)cc(Cl)c1O. The molecule has 76 valence electrons. The van der Waals surface area contributed by atoms with Crippen LogP contribution < -0.4 is 5.73 Å². The molecule has 0 radical (unpaired) electrons. The van der Waals surface area contributed by atoms with Crippen LogP contribution in [0.5, 0.6) is 5.75 Å². The van der Waals surface area contributed by atoms with Crippen molar-refractivity contribution < 1.29 is 9.90 Å². The van der Waals surface area contributed by atoms with Gasteiger partial charge in [-0.25, -0.2) is 0 Å². The lowest BCUT2D eigenvalue weighted by Crippen LogP contribution is -2.08. The van der Waals surface area contributed by atoms with Gasteiger partial charge in [0.05, 0.1) is 5.02 Å². The maximum Gasteiger partial charge on any atom is 0.164 e. The van der Waals surface area contributed by atoms with Crippen molar-refractivity contribution in [1.82, 2.24) is 0 Å². The van der Waals surface area contributed by atoms with Crippen molar-refractivity contribution in [3.8, 4) is 5.75 Å². The minimum Gasteiger partial charge on any atom is -0.506 e. The van der Waals surface area contributed by atoms with E-state index in [9.17, 15) is 9.90 Å². The molecule has 0 amide bonds. The van der Waals surface area contributed by atoms with Crippen LogP contribution in [0.25, 0.3) is 0 Å². The Balaban J connectivity index is 3.06. The molecule has 0 atom stereocenters. The van der Waals surface area contributed by atoms with Gasteiger partial charge in [0.1, 0.15) is 5.75 Å². The first-order chi connectivity index (χ1) is 6.56. The van der Waals surface area contributed by atoms with Crippen LogP contribution in [0.2, 0.25) is 5.02 Å². The van der Waals surface area contributed by atoms with Crippen molar-refractivity contribution in [2.24, 2.45) is 5.73 Å². The van der Waals surface area contributed by atoms with Gasteiger partial charge in [-0.3, -0.25) is 4.79 Å². The van der Waals surface area contributed by atoms with E-state index in [2.05, 4.69) is 0 Å². The lowest BCUT2D eigenvalue weighted by molar-refractivity contribution is 0.0985. The Bertz CT molecular complexity index is 340. The number of carbonyl (C=O) groups excluding carboxylic acids is 1. The van der Waals surface area contributed by atoms with Gasteiger partial charge in [-0.2, -0.15) is 0 Å². The van der Waals surface area contributed by atoms with E-state index in [0.29, 0.717) is 24.1 Å². The van der Waals surface area contributed by atoms with Crippen molar-refractivity contribution in [2.45, 2.75) is 13.3 Å². The first-order valence-electron chi connectivity index (χ1n) is 4.28. The summed E-state index contributed by atoms with van der Waals surface area (Å²) in [7, 11) is 0. The second-order valence-electron chi connectivity index (χ2n) is 3.09. The number of aromatic hydroxyl groups is 1. The summed E-state index contributed by atoms with van der Waals surface area (Å²) < 4.78 is 0. The maximum atomic E-state index is 11.4. The molecule has 1 aromatic carbocycles. The molecule has 0 aliphatic carbocycles. The summed E-state index contributed by atoms with van der Waals surface area (Å²) in [4.78, 5) is 11.4. The molecule has 0 fully saturated rings. The Morgan fingerprint density at radius 3 is 2.71 bits per heavy atom. The number of rotatable bonds is 3. The standard InChI is InChI=1S/C10H12ClNO2/c1-6-4-7(9(13)2-3-12)5-8(11)10(6)14/h4-5,14H,2-3,12H2,1H3. The fourth-order valence-electron chi connectivity index (χ4n) is 1.17. The van der Waals surface area contributed by atoms with Gasteiger partial charge in [-0.15, -0.1) is 0 Å². The molecule has 3 nitrogen and oxygen atoms in total.